The minimum absolute atomic E-state index is 0.493. The van der Waals surface area contributed by atoms with Gasteiger partial charge in [-0.3, -0.25) is 4.79 Å². The third kappa shape index (κ3) is 3.68. The number of allylic oxidation sites excluding steroid dienone is 3. The van der Waals surface area contributed by atoms with Crippen molar-refractivity contribution < 1.29 is 13.6 Å². The van der Waals surface area contributed by atoms with Crippen LogP contribution in [-0.2, 0) is 0 Å². The maximum Gasteiger partial charge on any atom is 0.261 e. The zero-order chi connectivity index (χ0) is 17.8. The highest BCUT2D eigenvalue weighted by Gasteiger charge is 2.17. The molecule has 25 heavy (non-hydrogen) atoms. The van der Waals surface area contributed by atoms with E-state index in [0.29, 0.717) is 5.69 Å². The summed E-state index contributed by atoms with van der Waals surface area (Å²) in [6.45, 7) is 3.88. The molecule has 0 heterocycles. The molecular formula is C21H19F2NO. The van der Waals surface area contributed by atoms with Gasteiger partial charge >= 0.3 is 0 Å². The molecule has 0 aliphatic heterocycles. The topological polar surface area (TPSA) is 29.1 Å². The van der Waals surface area contributed by atoms with Crippen molar-refractivity contribution in [1.82, 2.24) is 0 Å². The lowest BCUT2D eigenvalue weighted by atomic mass is 9.87. The Morgan fingerprint density at radius 2 is 1.64 bits per heavy atom. The first-order valence-electron chi connectivity index (χ1n) is 8.30. The fraction of sp³-hybridized carbons (Fsp3) is 0.190. The summed E-state index contributed by atoms with van der Waals surface area (Å²) in [5.74, 6) is -2.55. The summed E-state index contributed by atoms with van der Waals surface area (Å²) in [5.41, 5.74) is 3.55. The van der Waals surface area contributed by atoms with Crippen molar-refractivity contribution in [3.63, 3.8) is 0 Å². The summed E-state index contributed by atoms with van der Waals surface area (Å²) in [5, 5.41) is 2.54. The predicted molar refractivity (Wildman–Crippen MR) is 96.3 cm³/mol. The maximum absolute atomic E-state index is 13.7. The van der Waals surface area contributed by atoms with Gasteiger partial charge < -0.3 is 5.32 Å². The van der Waals surface area contributed by atoms with Gasteiger partial charge in [0, 0.05) is 5.69 Å². The monoisotopic (exact) mass is 339 g/mol. The molecule has 2 aromatic carbocycles. The van der Waals surface area contributed by atoms with Crippen LogP contribution in [0.1, 0.15) is 41.6 Å². The van der Waals surface area contributed by atoms with Gasteiger partial charge in [0.2, 0.25) is 0 Å². The number of nitrogens with one attached hydrogen (secondary N) is 1. The zero-order valence-electron chi connectivity index (χ0n) is 13.8. The minimum atomic E-state index is -0.878. The number of carbonyl (C=O) groups is 1. The highest BCUT2D eigenvalue weighted by atomic mass is 19.1. The number of carbonyl (C=O) groups excluding carboxylic acids is 1. The smallest absolute Gasteiger partial charge is 0.261 e. The molecule has 0 atom stereocenters. The van der Waals surface area contributed by atoms with E-state index in [4.69, 9.17) is 0 Å². The highest BCUT2D eigenvalue weighted by molar-refractivity contribution is 6.04. The summed E-state index contributed by atoms with van der Waals surface area (Å²) in [7, 11) is 0. The summed E-state index contributed by atoms with van der Waals surface area (Å²) < 4.78 is 27.4. The average Bonchev–Trinajstić information content (AvgIpc) is 2.62. The minimum Gasteiger partial charge on any atom is -0.322 e. The SMILES string of the molecule is C=CC1=C(c2ccc(NC(=O)c3c(F)cccc3F)cc2)CCCC1. The fourth-order valence-corrected chi connectivity index (χ4v) is 3.15. The lowest BCUT2D eigenvalue weighted by molar-refractivity contribution is 0.101. The van der Waals surface area contributed by atoms with Crippen LogP contribution >= 0.6 is 0 Å². The summed E-state index contributed by atoms with van der Waals surface area (Å²) in [6.07, 6.45) is 6.27. The van der Waals surface area contributed by atoms with E-state index in [1.54, 1.807) is 12.1 Å². The van der Waals surface area contributed by atoms with Gasteiger partial charge in [0.25, 0.3) is 5.91 Å². The van der Waals surface area contributed by atoms with Gasteiger partial charge in [-0.1, -0.05) is 30.9 Å². The van der Waals surface area contributed by atoms with Gasteiger partial charge in [0.1, 0.15) is 17.2 Å². The number of halogens is 2. The van der Waals surface area contributed by atoms with Crippen LogP contribution in [0.15, 0.2) is 60.7 Å². The van der Waals surface area contributed by atoms with Crippen molar-refractivity contribution in [2.45, 2.75) is 25.7 Å². The molecule has 3 rings (SSSR count). The molecule has 0 bridgehead atoms. The molecule has 0 unspecified atom stereocenters. The first kappa shape index (κ1) is 17.1. The molecule has 0 saturated heterocycles. The Bertz CT molecular complexity index is 817. The molecule has 1 aliphatic rings. The van der Waals surface area contributed by atoms with Crippen LogP contribution in [0, 0.1) is 11.6 Å². The standard InChI is InChI=1S/C21H19F2NO/c1-2-14-6-3-4-7-17(14)15-10-12-16(13-11-15)24-21(25)20-18(22)8-5-9-19(20)23/h2,5,8-13H,1,3-4,6-7H2,(H,24,25). The first-order valence-corrected chi connectivity index (χ1v) is 8.30. The Hall–Kier alpha value is -2.75. The van der Waals surface area contributed by atoms with Crippen LogP contribution in [0.4, 0.5) is 14.5 Å². The molecule has 4 heteroatoms. The van der Waals surface area contributed by atoms with Crippen molar-refractivity contribution in [1.29, 1.82) is 0 Å². The normalized spacial score (nSPS) is 14.3. The van der Waals surface area contributed by atoms with Gasteiger partial charge in [-0.25, -0.2) is 8.78 Å². The van der Waals surface area contributed by atoms with E-state index in [9.17, 15) is 13.6 Å². The molecule has 1 amide bonds. The number of hydrogen-bond acceptors (Lipinski definition) is 1. The quantitative estimate of drug-likeness (QED) is 0.757. The van der Waals surface area contributed by atoms with Crippen LogP contribution in [0.5, 0.6) is 0 Å². The van der Waals surface area contributed by atoms with E-state index in [-0.39, 0.29) is 0 Å². The van der Waals surface area contributed by atoms with E-state index < -0.39 is 23.1 Å². The largest absolute Gasteiger partial charge is 0.322 e. The number of amides is 1. The lowest BCUT2D eigenvalue weighted by Gasteiger charge is -2.18. The average molecular weight is 339 g/mol. The summed E-state index contributed by atoms with van der Waals surface area (Å²) >= 11 is 0. The van der Waals surface area contributed by atoms with Crippen LogP contribution in [-0.4, -0.2) is 5.91 Å². The van der Waals surface area contributed by atoms with Gasteiger partial charge in [0.05, 0.1) is 0 Å². The fourth-order valence-electron chi connectivity index (χ4n) is 3.15. The zero-order valence-corrected chi connectivity index (χ0v) is 13.8. The van der Waals surface area contributed by atoms with E-state index in [1.807, 2.05) is 18.2 Å². The molecule has 2 aromatic rings. The Kier molecular flexibility index (Phi) is 5.08. The molecule has 2 nitrogen and oxygen atoms in total. The third-order valence-electron chi connectivity index (χ3n) is 4.44. The van der Waals surface area contributed by atoms with Crippen molar-refractivity contribution in [2.75, 3.05) is 5.32 Å². The van der Waals surface area contributed by atoms with Crippen LogP contribution in [0.3, 0.4) is 0 Å². The molecule has 0 spiro atoms. The predicted octanol–water partition coefficient (Wildman–Crippen LogP) is 5.73. The Morgan fingerprint density at radius 1 is 1.00 bits per heavy atom. The lowest BCUT2D eigenvalue weighted by Crippen LogP contribution is -2.15. The van der Waals surface area contributed by atoms with Gasteiger partial charge in [-0.05, 0) is 66.7 Å². The van der Waals surface area contributed by atoms with E-state index >= 15 is 0 Å². The molecule has 0 radical (unpaired) electrons. The Labute approximate surface area is 145 Å². The Balaban J connectivity index is 1.80. The van der Waals surface area contributed by atoms with Crippen LogP contribution in [0.25, 0.3) is 5.57 Å². The number of anilines is 1. The maximum atomic E-state index is 13.7. The van der Waals surface area contributed by atoms with Crippen molar-refractivity contribution >= 4 is 17.2 Å². The van der Waals surface area contributed by atoms with Crippen molar-refractivity contribution in [3.8, 4) is 0 Å². The van der Waals surface area contributed by atoms with Crippen LogP contribution in [0.2, 0.25) is 0 Å². The molecule has 0 aromatic heterocycles. The molecule has 0 fully saturated rings. The number of benzene rings is 2. The molecule has 128 valence electrons. The first-order chi connectivity index (χ1) is 12.1. The molecular weight excluding hydrogens is 320 g/mol. The Morgan fingerprint density at radius 3 is 2.28 bits per heavy atom. The molecule has 1 N–H and O–H groups in total. The molecule has 0 saturated carbocycles. The summed E-state index contributed by atoms with van der Waals surface area (Å²) in [4.78, 5) is 12.1. The van der Waals surface area contributed by atoms with Gasteiger partial charge in [-0.15, -0.1) is 0 Å². The van der Waals surface area contributed by atoms with Gasteiger partial charge in [-0.2, -0.15) is 0 Å². The van der Waals surface area contributed by atoms with Gasteiger partial charge in [0.15, 0.2) is 0 Å². The summed E-state index contributed by atoms with van der Waals surface area (Å²) in [6, 6.07) is 10.7. The van der Waals surface area contributed by atoms with Crippen LogP contribution < -0.4 is 5.32 Å². The number of rotatable bonds is 4. The van der Waals surface area contributed by atoms with Crippen molar-refractivity contribution in [2.24, 2.45) is 0 Å². The van der Waals surface area contributed by atoms with E-state index in [0.717, 1.165) is 37.0 Å². The highest BCUT2D eigenvalue weighted by Crippen LogP contribution is 2.33. The number of hydrogen-bond donors (Lipinski definition) is 1. The second-order valence-electron chi connectivity index (χ2n) is 6.04. The van der Waals surface area contributed by atoms with E-state index in [2.05, 4.69) is 11.9 Å². The second kappa shape index (κ2) is 7.43. The van der Waals surface area contributed by atoms with Crippen molar-refractivity contribution in [3.05, 3.63) is 83.5 Å². The third-order valence-corrected chi connectivity index (χ3v) is 4.44. The molecule has 1 aliphatic carbocycles. The second-order valence-corrected chi connectivity index (χ2v) is 6.04. The van der Waals surface area contributed by atoms with E-state index in [1.165, 1.54) is 23.6 Å².